The molecule has 1 saturated carbocycles. The first-order valence-corrected chi connectivity index (χ1v) is 9.45. The molecule has 3 aromatic rings. The van der Waals surface area contributed by atoms with Crippen molar-refractivity contribution in [1.82, 2.24) is 14.8 Å². The van der Waals surface area contributed by atoms with Gasteiger partial charge in [-0.25, -0.2) is 0 Å². The van der Waals surface area contributed by atoms with Crippen LogP contribution >= 0.6 is 11.8 Å². The molecule has 4 rings (SSSR count). The monoisotopic (exact) mass is 351 g/mol. The maximum Gasteiger partial charge on any atom is 0.191 e. The third kappa shape index (κ3) is 3.42. The van der Waals surface area contributed by atoms with Crippen molar-refractivity contribution in [2.24, 2.45) is 7.05 Å². The zero-order chi connectivity index (χ0) is 17.2. The number of aromatic nitrogens is 3. The number of rotatable bonds is 6. The molecule has 0 amide bonds. The second kappa shape index (κ2) is 6.92. The van der Waals surface area contributed by atoms with Gasteiger partial charge in [0.15, 0.2) is 5.16 Å². The van der Waals surface area contributed by atoms with Crippen LogP contribution in [0.1, 0.15) is 35.2 Å². The molecule has 1 fully saturated rings. The molecule has 1 aromatic heterocycles. The van der Waals surface area contributed by atoms with Crippen molar-refractivity contribution in [1.29, 1.82) is 0 Å². The quantitative estimate of drug-likeness (QED) is 0.618. The van der Waals surface area contributed by atoms with Gasteiger partial charge >= 0.3 is 0 Å². The van der Waals surface area contributed by atoms with Crippen LogP contribution in [0.4, 0.5) is 0 Å². The topological polar surface area (TPSA) is 39.9 Å². The summed E-state index contributed by atoms with van der Waals surface area (Å²) >= 11 is 1.72. The summed E-state index contributed by atoms with van der Waals surface area (Å²) in [5.41, 5.74) is 2.63. The third-order valence-electron chi connectivity index (χ3n) is 4.72. The Labute approximate surface area is 152 Å². The van der Waals surface area contributed by atoms with Crippen LogP contribution in [0.2, 0.25) is 0 Å². The molecule has 1 aliphatic carbocycles. The molecule has 0 saturated heterocycles. The van der Waals surface area contributed by atoms with Crippen molar-refractivity contribution in [3.05, 3.63) is 71.5 Å². The summed E-state index contributed by atoms with van der Waals surface area (Å²) in [6.07, 6.45) is 1.16. The zero-order valence-corrected chi connectivity index (χ0v) is 15.2. The van der Waals surface area contributed by atoms with Gasteiger partial charge in [0, 0.05) is 18.7 Å². The van der Waals surface area contributed by atoms with Gasteiger partial charge in [-0.2, -0.15) is 0 Å². The number of hydrogen-bond donors (Lipinski definition) is 0. The van der Waals surface area contributed by atoms with Gasteiger partial charge in [-0.05, 0) is 35.6 Å². The van der Waals surface area contributed by atoms with Crippen LogP contribution in [0.15, 0.2) is 59.8 Å². The van der Waals surface area contributed by atoms with Gasteiger partial charge in [-0.1, -0.05) is 54.2 Å². The van der Waals surface area contributed by atoms with Gasteiger partial charge in [0.2, 0.25) is 0 Å². The molecule has 2 atom stereocenters. The van der Waals surface area contributed by atoms with E-state index in [4.69, 9.17) is 4.74 Å². The van der Waals surface area contributed by atoms with E-state index >= 15 is 0 Å². The molecule has 4 nitrogen and oxygen atoms in total. The molecule has 0 N–H and O–H groups in total. The Morgan fingerprint density at radius 2 is 1.92 bits per heavy atom. The largest absolute Gasteiger partial charge is 0.497 e. The lowest BCUT2D eigenvalue weighted by Crippen LogP contribution is -1.98. The van der Waals surface area contributed by atoms with Crippen molar-refractivity contribution in [2.75, 3.05) is 7.11 Å². The molecule has 0 bridgehead atoms. The van der Waals surface area contributed by atoms with E-state index in [-0.39, 0.29) is 0 Å². The highest BCUT2D eigenvalue weighted by molar-refractivity contribution is 7.98. The van der Waals surface area contributed by atoms with Crippen molar-refractivity contribution in [3.8, 4) is 5.75 Å². The maximum atomic E-state index is 5.29. The molecule has 2 unspecified atom stereocenters. The summed E-state index contributed by atoms with van der Waals surface area (Å²) in [5, 5.41) is 9.84. The number of ether oxygens (including phenoxy) is 1. The first kappa shape index (κ1) is 16.2. The molecule has 1 aliphatic rings. The van der Waals surface area contributed by atoms with E-state index in [0.29, 0.717) is 11.8 Å². The van der Waals surface area contributed by atoms with E-state index in [1.807, 2.05) is 12.1 Å². The Kier molecular flexibility index (Phi) is 4.49. The predicted octanol–water partition coefficient (Wildman–Crippen LogP) is 4.39. The highest BCUT2D eigenvalue weighted by Crippen LogP contribution is 2.54. The van der Waals surface area contributed by atoms with E-state index in [2.05, 4.69) is 64.3 Å². The maximum absolute atomic E-state index is 5.29. The Hall–Kier alpha value is -2.27. The van der Waals surface area contributed by atoms with Gasteiger partial charge in [0.1, 0.15) is 11.6 Å². The van der Waals surface area contributed by atoms with E-state index in [1.165, 1.54) is 11.1 Å². The van der Waals surface area contributed by atoms with E-state index in [9.17, 15) is 0 Å². The molecule has 0 aliphatic heterocycles. The minimum Gasteiger partial charge on any atom is -0.497 e. The van der Waals surface area contributed by atoms with E-state index in [0.717, 1.165) is 28.9 Å². The predicted molar refractivity (Wildman–Crippen MR) is 100 cm³/mol. The molecule has 1 heterocycles. The second-order valence-corrected chi connectivity index (χ2v) is 7.34. The molecule has 128 valence electrons. The number of methoxy groups -OCH3 is 1. The van der Waals surface area contributed by atoms with Crippen molar-refractivity contribution in [3.63, 3.8) is 0 Å². The fourth-order valence-electron chi connectivity index (χ4n) is 3.23. The average Bonchev–Trinajstić information content (AvgIpc) is 3.37. The van der Waals surface area contributed by atoms with Crippen LogP contribution in [0, 0.1) is 0 Å². The Bertz CT molecular complexity index is 862. The van der Waals surface area contributed by atoms with Crippen LogP contribution in [0.25, 0.3) is 0 Å². The highest BCUT2D eigenvalue weighted by atomic mass is 32.2. The van der Waals surface area contributed by atoms with E-state index < -0.39 is 0 Å². The Balaban J connectivity index is 1.43. The summed E-state index contributed by atoms with van der Waals surface area (Å²) in [7, 11) is 3.77. The van der Waals surface area contributed by atoms with Gasteiger partial charge in [0.25, 0.3) is 0 Å². The zero-order valence-electron chi connectivity index (χ0n) is 14.4. The second-order valence-electron chi connectivity index (χ2n) is 6.40. The van der Waals surface area contributed by atoms with Gasteiger partial charge in [-0.3, -0.25) is 0 Å². The summed E-state index contributed by atoms with van der Waals surface area (Å²) in [4.78, 5) is 0. The van der Waals surface area contributed by atoms with Crippen LogP contribution in [-0.2, 0) is 12.8 Å². The first-order chi connectivity index (χ1) is 12.3. The third-order valence-corrected chi connectivity index (χ3v) is 5.81. The lowest BCUT2D eigenvalue weighted by Gasteiger charge is -2.05. The number of nitrogens with zero attached hydrogens (tertiary/aromatic N) is 3. The van der Waals surface area contributed by atoms with Crippen molar-refractivity contribution >= 4 is 11.8 Å². The fraction of sp³-hybridized carbons (Fsp3) is 0.300. The number of benzene rings is 2. The summed E-state index contributed by atoms with van der Waals surface area (Å²) in [6.45, 7) is 0. The average molecular weight is 351 g/mol. The van der Waals surface area contributed by atoms with Crippen LogP contribution in [-0.4, -0.2) is 21.9 Å². The minimum atomic E-state index is 0.492. The Morgan fingerprint density at radius 1 is 1.08 bits per heavy atom. The molecule has 0 radical (unpaired) electrons. The minimum absolute atomic E-state index is 0.492. The molecule has 2 aromatic carbocycles. The Morgan fingerprint density at radius 3 is 2.72 bits per heavy atom. The lowest BCUT2D eigenvalue weighted by molar-refractivity contribution is 0.414. The van der Waals surface area contributed by atoms with Gasteiger partial charge in [0.05, 0.1) is 7.11 Å². The standard InChI is InChI=1S/C20H21N3OS/c1-23-19(18-12-17(18)15-8-4-3-5-9-15)21-22-20(23)25-13-14-7-6-10-16(11-14)24-2/h3-11,17-18H,12-13H2,1-2H3. The summed E-state index contributed by atoms with van der Waals surface area (Å²) < 4.78 is 7.44. The molecule has 25 heavy (non-hydrogen) atoms. The van der Waals surface area contributed by atoms with Gasteiger partial charge < -0.3 is 9.30 Å². The van der Waals surface area contributed by atoms with Crippen molar-refractivity contribution in [2.45, 2.75) is 29.2 Å². The summed E-state index contributed by atoms with van der Waals surface area (Å²) in [6, 6.07) is 18.9. The highest BCUT2D eigenvalue weighted by Gasteiger charge is 2.42. The molecular weight excluding hydrogens is 330 g/mol. The normalized spacial score (nSPS) is 19.0. The van der Waals surface area contributed by atoms with Crippen LogP contribution in [0.3, 0.4) is 0 Å². The van der Waals surface area contributed by atoms with E-state index in [1.54, 1.807) is 18.9 Å². The smallest absolute Gasteiger partial charge is 0.191 e. The number of thioether (sulfide) groups is 1. The SMILES string of the molecule is COc1cccc(CSc2nnc(C3CC3c3ccccc3)n2C)c1. The fourth-order valence-corrected chi connectivity index (χ4v) is 4.09. The van der Waals surface area contributed by atoms with Crippen molar-refractivity contribution < 1.29 is 4.74 Å². The van der Waals surface area contributed by atoms with Crippen LogP contribution < -0.4 is 4.74 Å². The van der Waals surface area contributed by atoms with Crippen LogP contribution in [0.5, 0.6) is 5.75 Å². The van der Waals surface area contributed by atoms with Gasteiger partial charge in [-0.15, -0.1) is 10.2 Å². The lowest BCUT2D eigenvalue weighted by atomic mass is 10.1. The molecule has 0 spiro atoms. The molecular formula is C20H21N3OS. The molecule has 5 heteroatoms. The summed E-state index contributed by atoms with van der Waals surface area (Å²) in [5.74, 6) is 3.92. The first-order valence-electron chi connectivity index (χ1n) is 8.46. The number of hydrogen-bond acceptors (Lipinski definition) is 4.